The Bertz CT molecular complexity index is 1080. The normalized spacial score (nSPS) is 18.2. The Morgan fingerprint density at radius 3 is 2.09 bits per heavy atom. The number of benzene rings is 2. The summed E-state index contributed by atoms with van der Waals surface area (Å²) in [4.78, 5) is 28.1. The molecule has 12 heteroatoms. The lowest BCUT2D eigenvalue weighted by molar-refractivity contribution is -0.137. The molecule has 0 aromatic heterocycles. The van der Waals surface area contributed by atoms with Crippen molar-refractivity contribution >= 4 is 23.8 Å². The molecule has 2 aromatic carbocycles. The molecule has 2 aliphatic heterocycles. The maximum Gasteiger partial charge on any atom is 0.446 e. The zero-order valence-corrected chi connectivity index (χ0v) is 19.0. The molecule has 2 heterocycles. The Labute approximate surface area is 201 Å². The number of alkyl halides is 6. The second-order valence-corrected chi connectivity index (χ2v) is 9.60. The van der Waals surface area contributed by atoms with Gasteiger partial charge in [-0.15, -0.1) is 0 Å². The molecular formula is C23H20F6N2O3S. The van der Waals surface area contributed by atoms with E-state index >= 15 is 0 Å². The van der Waals surface area contributed by atoms with Gasteiger partial charge in [0.05, 0.1) is 12.1 Å². The minimum absolute atomic E-state index is 0.0161. The second kappa shape index (κ2) is 9.29. The molecule has 0 atom stereocenters. The summed E-state index contributed by atoms with van der Waals surface area (Å²) in [5.41, 5.74) is -5.18. The number of carbonyl (C=O) groups is 2. The van der Waals surface area contributed by atoms with E-state index in [0.717, 1.165) is 12.1 Å². The lowest BCUT2D eigenvalue weighted by Gasteiger charge is -2.37. The van der Waals surface area contributed by atoms with Crippen molar-refractivity contribution in [2.45, 2.75) is 41.6 Å². The highest BCUT2D eigenvalue weighted by Crippen LogP contribution is 2.37. The van der Waals surface area contributed by atoms with Crippen molar-refractivity contribution in [3.63, 3.8) is 0 Å². The largest absolute Gasteiger partial charge is 0.446 e. The Balaban J connectivity index is 1.33. The summed E-state index contributed by atoms with van der Waals surface area (Å²) in [7, 11) is 0. The number of likely N-dealkylation sites (tertiary alicyclic amines) is 1. The molecule has 0 bridgehead atoms. The number of thioether (sulfide) groups is 1. The van der Waals surface area contributed by atoms with Crippen LogP contribution in [0.15, 0.2) is 53.4 Å². The lowest BCUT2D eigenvalue weighted by atomic mass is 9.91. The zero-order valence-electron chi connectivity index (χ0n) is 18.2. The summed E-state index contributed by atoms with van der Waals surface area (Å²) in [5, 5.41) is 0. The maximum absolute atomic E-state index is 12.8. The molecule has 0 unspecified atom stereocenters. The first-order chi connectivity index (χ1) is 16.3. The molecule has 0 aliphatic carbocycles. The van der Waals surface area contributed by atoms with Gasteiger partial charge < -0.3 is 9.64 Å². The third-order valence-electron chi connectivity index (χ3n) is 5.99. The summed E-state index contributed by atoms with van der Waals surface area (Å²) in [6.07, 6.45) is -4.26. The standard InChI is InChI=1S/C23H20F6N2O3S/c24-22(25,26)17-5-1-15(2-6-17)13-31-14-21(34-20(31)33)9-11-30(12-10-21)19(32)16-3-7-18(8-4-16)35-23(27,28)29/h1-8H,9-14H2. The fourth-order valence-electron chi connectivity index (χ4n) is 4.19. The van der Waals surface area contributed by atoms with Crippen LogP contribution < -0.4 is 0 Å². The molecule has 188 valence electrons. The van der Waals surface area contributed by atoms with E-state index in [0.29, 0.717) is 31.5 Å². The van der Waals surface area contributed by atoms with Crippen LogP contribution in [0.5, 0.6) is 0 Å². The minimum atomic E-state index is -4.44. The summed E-state index contributed by atoms with van der Waals surface area (Å²) in [5.74, 6) is -0.325. The fraction of sp³-hybridized carbons (Fsp3) is 0.391. The third-order valence-corrected chi connectivity index (χ3v) is 6.73. The van der Waals surface area contributed by atoms with E-state index in [1.165, 1.54) is 41.3 Å². The van der Waals surface area contributed by atoms with E-state index < -0.39 is 28.9 Å². The second-order valence-electron chi connectivity index (χ2n) is 8.47. The van der Waals surface area contributed by atoms with Crippen molar-refractivity contribution in [3.05, 3.63) is 65.2 Å². The smallest absolute Gasteiger partial charge is 0.441 e. The molecule has 4 rings (SSSR count). The van der Waals surface area contributed by atoms with Crippen LogP contribution in [0.3, 0.4) is 0 Å². The predicted molar refractivity (Wildman–Crippen MR) is 115 cm³/mol. The Kier molecular flexibility index (Phi) is 6.69. The molecule has 5 nitrogen and oxygen atoms in total. The van der Waals surface area contributed by atoms with Crippen LogP contribution in [-0.4, -0.2) is 52.5 Å². The average Bonchev–Trinajstić information content (AvgIpc) is 3.07. The number of piperidine rings is 1. The summed E-state index contributed by atoms with van der Waals surface area (Å²) in [6, 6.07) is 9.76. The van der Waals surface area contributed by atoms with Gasteiger partial charge in [-0.2, -0.15) is 26.3 Å². The molecule has 0 radical (unpaired) electrons. The van der Waals surface area contributed by atoms with Crippen molar-refractivity contribution in [3.8, 4) is 0 Å². The number of hydrogen-bond acceptors (Lipinski definition) is 4. The van der Waals surface area contributed by atoms with Gasteiger partial charge in [0, 0.05) is 42.9 Å². The summed E-state index contributed by atoms with van der Waals surface area (Å²) < 4.78 is 81.3. The van der Waals surface area contributed by atoms with Crippen LogP contribution >= 0.6 is 11.8 Å². The van der Waals surface area contributed by atoms with Gasteiger partial charge in [0.2, 0.25) is 0 Å². The maximum atomic E-state index is 12.8. The molecule has 1 spiro atoms. The van der Waals surface area contributed by atoms with Gasteiger partial charge in [-0.25, -0.2) is 4.79 Å². The van der Waals surface area contributed by atoms with Gasteiger partial charge in [0.15, 0.2) is 0 Å². The van der Waals surface area contributed by atoms with Gasteiger partial charge >= 0.3 is 17.8 Å². The first-order valence-corrected chi connectivity index (χ1v) is 11.4. The Morgan fingerprint density at radius 1 is 0.943 bits per heavy atom. The highest BCUT2D eigenvalue weighted by molar-refractivity contribution is 8.00. The van der Waals surface area contributed by atoms with Crippen molar-refractivity contribution in [1.82, 2.24) is 9.80 Å². The summed E-state index contributed by atoms with van der Waals surface area (Å²) >= 11 is -0.256. The highest BCUT2D eigenvalue weighted by atomic mass is 32.2. The molecule has 35 heavy (non-hydrogen) atoms. The van der Waals surface area contributed by atoms with Gasteiger partial charge in [-0.05, 0) is 53.7 Å². The van der Waals surface area contributed by atoms with Crippen molar-refractivity contribution in [1.29, 1.82) is 0 Å². The predicted octanol–water partition coefficient (Wildman–Crippen LogP) is 5.94. The topological polar surface area (TPSA) is 49.9 Å². The van der Waals surface area contributed by atoms with Crippen molar-refractivity contribution in [2.24, 2.45) is 0 Å². The number of rotatable bonds is 4. The molecule has 2 fully saturated rings. The first kappa shape index (κ1) is 25.2. The minimum Gasteiger partial charge on any atom is -0.441 e. The molecule has 2 aromatic rings. The van der Waals surface area contributed by atoms with Crippen LogP contribution in [0, 0.1) is 0 Å². The van der Waals surface area contributed by atoms with E-state index in [2.05, 4.69) is 0 Å². The average molecular weight is 518 g/mol. The number of carbonyl (C=O) groups excluding carboxylic acids is 2. The quantitative estimate of drug-likeness (QED) is 0.371. The van der Waals surface area contributed by atoms with E-state index in [4.69, 9.17) is 4.74 Å². The number of amides is 2. The number of nitrogens with zero attached hydrogens (tertiary/aromatic N) is 2. The van der Waals surface area contributed by atoms with Gasteiger partial charge in [0.1, 0.15) is 5.60 Å². The van der Waals surface area contributed by atoms with Crippen LogP contribution in [0.2, 0.25) is 0 Å². The SMILES string of the molecule is O=C1OC2(CCN(C(=O)c3ccc(SC(F)(F)F)cc3)CC2)CN1Cc1ccc(C(F)(F)F)cc1. The van der Waals surface area contributed by atoms with Crippen LogP contribution in [-0.2, 0) is 17.5 Å². The van der Waals surface area contributed by atoms with E-state index in [9.17, 15) is 35.9 Å². The molecule has 2 aliphatic rings. The van der Waals surface area contributed by atoms with Crippen LogP contribution in [0.4, 0.5) is 31.1 Å². The first-order valence-electron chi connectivity index (χ1n) is 10.6. The van der Waals surface area contributed by atoms with Crippen LogP contribution in [0.25, 0.3) is 0 Å². The third kappa shape index (κ3) is 6.03. The molecule has 2 amide bonds. The number of halogens is 6. The lowest BCUT2D eigenvalue weighted by Crippen LogP contribution is -2.48. The van der Waals surface area contributed by atoms with E-state index in [1.54, 1.807) is 4.90 Å². The Morgan fingerprint density at radius 2 is 1.54 bits per heavy atom. The van der Waals surface area contributed by atoms with Gasteiger partial charge in [0.25, 0.3) is 5.91 Å². The summed E-state index contributed by atoms with van der Waals surface area (Å²) in [6.45, 7) is 0.931. The van der Waals surface area contributed by atoms with E-state index in [-0.39, 0.29) is 41.2 Å². The highest BCUT2D eigenvalue weighted by Gasteiger charge is 2.47. The fourth-order valence-corrected chi connectivity index (χ4v) is 4.73. The van der Waals surface area contributed by atoms with Crippen molar-refractivity contribution in [2.75, 3.05) is 19.6 Å². The van der Waals surface area contributed by atoms with E-state index in [1.807, 2.05) is 0 Å². The Hall–Kier alpha value is -2.89. The molecular weight excluding hydrogens is 498 g/mol. The van der Waals surface area contributed by atoms with Crippen LogP contribution in [0.1, 0.15) is 34.3 Å². The van der Waals surface area contributed by atoms with Gasteiger partial charge in [-0.3, -0.25) is 9.69 Å². The van der Waals surface area contributed by atoms with Crippen molar-refractivity contribution < 1.29 is 40.7 Å². The molecule has 2 saturated heterocycles. The van der Waals surface area contributed by atoms with Gasteiger partial charge in [-0.1, -0.05) is 12.1 Å². The molecule has 0 N–H and O–H groups in total. The number of hydrogen-bond donors (Lipinski definition) is 0. The monoisotopic (exact) mass is 518 g/mol. The zero-order chi connectivity index (χ0) is 25.4. The molecule has 0 saturated carbocycles. The number of ether oxygens (including phenoxy) is 1.